The van der Waals surface area contributed by atoms with E-state index in [1.54, 1.807) is 46.4 Å². The van der Waals surface area contributed by atoms with Gasteiger partial charge in [-0.15, -0.1) is 51.0 Å². The van der Waals surface area contributed by atoms with Gasteiger partial charge in [0.2, 0.25) is 0 Å². The van der Waals surface area contributed by atoms with Gasteiger partial charge in [0.05, 0.1) is 42.8 Å². The predicted octanol–water partition coefficient (Wildman–Crippen LogP) is 7.49. The van der Waals surface area contributed by atoms with Gasteiger partial charge in [0.1, 0.15) is 0 Å². The molecule has 0 fully saturated rings. The van der Waals surface area contributed by atoms with Gasteiger partial charge < -0.3 is 0 Å². The molecule has 0 aliphatic heterocycles. The third-order valence-electron chi connectivity index (χ3n) is 4.82. The third-order valence-corrected chi connectivity index (χ3v) is 7.51. The molecule has 0 amide bonds. The summed E-state index contributed by atoms with van der Waals surface area (Å²) in [6.45, 7) is 2.00. The third kappa shape index (κ3) is 4.39. The molecule has 0 spiro atoms. The van der Waals surface area contributed by atoms with Crippen LogP contribution in [-0.2, 0) is 19.1 Å². The Hall–Kier alpha value is -2.08. The number of aromatic nitrogens is 4. The first-order chi connectivity index (χ1) is 14.9. The minimum absolute atomic E-state index is 0. The van der Waals surface area contributed by atoms with E-state index in [9.17, 15) is 13.2 Å². The van der Waals surface area contributed by atoms with Gasteiger partial charge in [-0.3, -0.25) is 0 Å². The van der Waals surface area contributed by atoms with Crippen LogP contribution in [0.2, 0.25) is 0 Å². The van der Waals surface area contributed by atoms with Crippen LogP contribution in [0.25, 0.3) is 32.2 Å². The number of thiazole rings is 1. The second kappa shape index (κ2) is 9.05. The van der Waals surface area contributed by atoms with Crippen molar-refractivity contribution in [1.82, 2.24) is 19.7 Å². The molecular weight excluding hydrogens is 541 g/mol. The predicted molar refractivity (Wildman–Crippen MR) is 130 cm³/mol. The van der Waals surface area contributed by atoms with Crippen molar-refractivity contribution in [3.63, 3.8) is 0 Å². The quantitative estimate of drug-likeness (QED) is 0.225. The number of alkyl halides is 3. The molecule has 0 unspecified atom stereocenters. The summed E-state index contributed by atoms with van der Waals surface area (Å²) < 4.78 is 43.1. The van der Waals surface area contributed by atoms with E-state index < -0.39 is 11.7 Å². The highest BCUT2D eigenvalue weighted by Gasteiger charge is 2.35. The molecule has 0 bridgehead atoms. The first-order valence-electron chi connectivity index (χ1n) is 9.37. The van der Waals surface area contributed by atoms with Crippen molar-refractivity contribution >= 4 is 62.0 Å². The summed E-state index contributed by atoms with van der Waals surface area (Å²) in [5, 5.41) is 11.2. The molecular formula is C21H16BrF3N4S3. The summed E-state index contributed by atoms with van der Waals surface area (Å²) in [7, 11) is 0. The Labute approximate surface area is 204 Å². The summed E-state index contributed by atoms with van der Waals surface area (Å²) in [4.78, 5) is 11.0. The fourth-order valence-corrected chi connectivity index (χ4v) is 5.68. The molecule has 0 saturated carbocycles. The lowest BCUT2D eigenvalue weighted by molar-refractivity contribution is -0.136. The number of aryl methyl sites for hydroxylation is 3. The van der Waals surface area contributed by atoms with E-state index in [-0.39, 0.29) is 28.0 Å². The number of pyridine rings is 1. The monoisotopic (exact) mass is 556 g/mol. The average molecular weight is 557 g/mol. The number of hydrogen-bond donors (Lipinski definition) is 0. The molecule has 11 heteroatoms. The molecule has 0 atom stereocenters. The smallest absolute Gasteiger partial charge is 0.247 e. The zero-order chi connectivity index (χ0) is 21.6. The van der Waals surface area contributed by atoms with Gasteiger partial charge in [-0.2, -0.15) is 18.3 Å². The van der Waals surface area contributed by atoms with Crippen LogP contribution in [0.15, 0.2) is 46.5 Å². The fourth-order valence-electron chi connectivity index (χ4n) is 3.45. The minimum atomic E-state index is -4.49. The van der Waals surface area contributed by atoms with E-state index in [0.29, 0.717) is 29.2 Å². The lowest BCUT2D eigenvalue weighted by Gasteiger charge is -2.11. The van der Waals surface area contributed by atoms with Crippen molar-refractivity contribution in [2.75, 3.05) is 0 Å². The molecule has 5 rings (SSSR count). The van der Waals surface area contributed by atoms with Crippen LogP contribution in [0.1, 0.15) is 16.3 Å². The van der Waals surface area contributed by atoms with Gasteiger partial charge in [-0.1, -0.05) is 12.1 Å². The van der Waals surface area contributed by atoms with Crippen LogP contribution in [-0.4, -0.2) is 19.7 Å². The standard InChI is InChI=1S/C21H15F3N4S3.BrH/c1-12-19-13(21(22,23)24)10-14(16-4-2-8-29-16)26-20(19)28(27-12)7-6-18-25-15(11-31-18)17-5-3-9-30-17;/h2-5,8-11H,6-7H2,1H3;1H. The number of thiophene rings is 2. The number of fused-ring (bicyclic) bond motifs is 1. The number of rotatable bonds is 5. The van der Waals surface area contributed by atoms with Crippen LogP contribution in [0, 0.1) is 6.92 Å². The number of hydrogen-bond acceptors (Lipinski definition) is 6. The van der Waals surface area contributed by atoms with E-state index >= 15 is 0 Å². The van der Waals surface area contributed by atoms with Gasteiger partial charge in [-0.25, -0.2) is 14.6 Å². The SMILES string of the molecule is Br.Cc1nn(CCc2nc(-c3cccs3)cs2)c2nc(-c3cccs3)cc(C(F)(F)F)c12. The van der Waals surface area contributed by atoms with Crippen molar-refractivity contribution in [3.8, 4) is 21.1 Å². The normalized spacial score (nSPS) is 11.8. The molecule has 4 nitrogen and oxygen atoms in total. The number of halogens is 4. The maximum Gasteiger partial charge on any atom is 0.417 e. The summed E-state index contributed by atoms with van der Waals surface area (Å²) in [6, 6.07) is 8.69. The Morgan fingerprint density at radius 2 is 1.66 bits per heavy atom. The van der Waals surface area contributed by atoms with E-state index in [1.807, 2.05) is 28.3 Å². The van der Waals surface area contributed by atoms with Crippen molar-refractivity contribution < 1.29 is 13.2 Å². The lowest BCUT2D eigenvalue weighted by atomic mass is 10.1. The largest absolute Gasteiger partial charge is 0.417 e. The van der Waals surface area contributed by atoms with Crippen molar-refractivity contribution in [3.05, 3.63) is 62.7 Å². The molecule has 5 heterocycles. The molecule has 0 N–H and O–H groups in total. The van der Waals surface area contributed by atoms with Crippen LogP contribution >= 0.6 is 51.0 Å². The second-order valence-corrected chi connectivity index (χ2v) is 9.73. The van der Waals surface area contributed by atoms with Crippen LogP contribution in [0.4, 0.5) is 13.2 Å². The highest BCUT2D eigenvalue weighted by Crippen LogP contribution is 2.39. The maximum absolute atomic E-state index is 13.8. The maximum atomic E-state index is 13.8. The Bertz CT molecular complexity index is 1340. The summed E-state index contributed by atoms with van der Waals surface area (Å²) >= 11 is 4.53. The zero-order valence-electron chi connectivity index (χ0n) is 16.6. The van der Waals surface area contributed by atoms with Gasteiger partial charge in [0, 0.05) is 18.3 Å². The van der Waals surface area contributed by atoms with Crippen LogP contribution in [0.3, 0.4) is 0 Å². The molecule has 0 aliphatic rings. The molecule has 0 saturated heterocycles. The van der Waals surface area contributed by atoms with Gasteiger partial charge in [0.25, 0.3) is 0 Å². The van der Waals surface area contributed by atoms with Gasteiger partial charge >= 0.3 is 6.18 Å². The van der Waals surface area contributed by atoms with E-state index in [2.05, 4.69) is 15.1 Å². The van der Waals surface area contributed by atoms with Crippen molar-refractivity contribution in [2.45, 2.75) is 26.1 Å². The first-order valence-corrected chi connectivity index (χ1v) is 12.0. The minimum Gasteiger partial charge on any atom is -0.247 e. The molecule has 5 aromatic rings. The highest BCUT2D eigenvalue weighted by molar-refractivity contribution is 8.93. The Kier molecular flexibility index (Phi) is 6.53. The molecule has 32 heavy (non-hydrogen) atoms. The van der Waals surface area contributed by atoms with E-state index in [0.717, 1.165) is 21.6 Å². The van der Waals surface area contributed by atoms with Crippen LogP contribution < -0.4 is 0 Å². The molecule has 0 radical (unpaired) electrons. The topological polar surface area (TPSA) is 43.6 Å². The van der Waals surface area contributed by atoms with E-state index in [1.165, 1.54) is 11.3 Å². The molecule has 0 aliphatic carbocycles. The zero-order valence-corrected chi connectivity index (χ0v) is 20.8. The summed E-state index contributed by atoms with van der Waals surface area (Å²) in [6.07, 6.45) is -3.92. The first kappa shape index (κ1) is 23.1. The number of nitrogens with zero attached hydrogens (tertiary/aromatic N) is 4. The van der Waals surface area contributed by atoms with Crippen LogP contribution in [0.5, 0.6) is 0 Å². The highest BCUT2D eigenvalue weighted by atomic mass is 79.9. The Balaban J connectivity index is 0.00000245. The van der Waals surface area contributed by atoms with Crippen molar-refractivity contribution in [2.24, 2.45) is 0 Å². The molecule has 5 aromatic heterocycles. The summed E-state index contributed by atoms with van der Waals surface area (Å²) in [5.74, 6) is 0. The Morgan fingerprint density at radius 1 is 0.969 bits per heavy atom. The average Bonchev–Trinajstić information content (AvgIpc) is 3.52. The summed E-state index contributed by atoms with van der Waals surface area (Å²) in [5.41, 5.74) is 1.12. The lowest BCUT2D eigenvalue weighted by Crippen LogP contribution is -2.08. The molecule has 0 aromatic carbocycles. The van der Waals surface area contributed by atoms with Gasteiger partial charge in [0.15, 0.2) is 5.65 Å². The Morgan fingerprint density at radius 3 is 2.28 bits per heavy atom. The fraction of sp³-hybridized carbons (Fsp3) is 0.190. The van der Waals surface area contributed by atoms with Gasteiger partial charge in [-0.05, 0) is 35.9 Å². The van der Waals surface area contributed by atoms with Crippen molar-refractivity contribution in [1.29, 1.82) is 0 Å². The molecule has 166 valence electrons. The van der Waals surface area contributed by atoms with E-state index in [4.69, 9.17) is 0 Å². The second-order valence-electron chi connectivity index (χ2n) is 6.89.